The lowest BCUT2D eigenvalue weighted by molar-refractivity contribution is 0.126. The number of sulfonamides is 1. The van der Waals surface area contributed by atoms with Crippen LogP contribution in [0.2, 0.25) is 0 Å². The zero-order chi connectivity index (χ0) is 15.1. The van der Waals surface area contributed by atoms with Crippen LogP contribution >= 0.6 is 0 Å². The van der Waals surface area contributed by atoms with Gasteiger partial charge in [-0.25, -0.2) is 17.5 Å². The zero-order valence-corrected chi connectivity index (χ0v) is 13.0. The van der Waals surface area contributed by atoms with E-state index in [0.717, 1.165) is 38.3 Å². The topological polar surface area (TPSA) is 58.2 Å². The van der Waals surface area contributed by atoms with Crippen molar-refractivity contribution in [3.8, 4) is 0 Å². The summed E-state index contributed by atoms with van der Waals surface area (Å²) >= 11 is 0. The molecule has 1 unspecified atom stereocenters. The van der Waals surface area contributed by atoms with E-state index in [1.807, 2.05) is 0 Å². The number of piperidine rings is 1. The van der Waals surface area contributed by atoms with E-state index in [0.29, 0.717) is 5.56 Å². The van der Waals surface area contributed by atoms with Crippen LogP contribution in [0.5, 0.6) is 0 Å². The second kappa shape index (κ2) is 5.34. The molecule has 0 bridgehead atoms. The highest BCUT2D eigenvalue weighted by Crippen LogP contribution is 2.38. The molecule has 3 rings (SSSR count). The Morgan fingerprint density at radius 1 is 1.38 bits per heavy atom. The summed E-state index contributed by atoms with van der Waals surface area (Å²) in [4.78, 5) is 0.00629. The zero-order valence-electron chi connectivity index (χ0n) is 12.2. The third-order valence-electron chi connectivity index (χ3n) is 4.72. The molecule has 116 valence electrons. The van der Waals surface area contributed by atoms with Gasteiger partial charge in [0.05, 0.1) is 4.90 Å². The number of benzene rings is 1. The Hall–Kier alpha value is -0.980. The molecular formula is C15H21FN2O2S. The summed E-state index contributed by atoms with van der Waals surface area (Å²) in [5.41, 5.74) is 0.577. The Morgan fingerprint density at radius 2 is 2.14 bits per heavy atom. The Bertz CT molecular complexity index is 641. The fourth-order valence-electron chi connectivity index (χ4n) is 3.27. The van der Waals surface area contributed by atoms with E-state index in [1.165, 1.54) is 18.6 Å². The summed E-state index contributed by atoms with van der Waals surface area (Å²) in [5.74, 6) is -0.487. The third kappa shape index (κ3) is 2.98. The van der Waals surface area contributed by atoms with Crippen molar-refractivity contribution in [2.24, 2.45) is 0 Å². The van der Waals surface area contributed by atoms with E-state index in [2.05, 4.69) is 10.0 Å². The molecule has 1 atom stereocenters. The van der Waals surface area contributed by atoms with Crippen LogP contribution in [0.1, 0.15) is 37.7 Å². The van der Waals surface area contributed by atoms with Gasteiger partial charge in [0.2, 0.25) is 10.0 Å². The summed E-state index contributed by atoms with van der Waals surface area (Å²) in [5, 5.41) is 3.51. The van der Waals surface area contributed by atoms with Crippen molar-refractivity contribution in [1.29, 1.82) is 0 Å². The Balaban J connectivity index is 1.74. The standard InChI is InChI=1S/C15H21FN2O2S/c1-11-3-4-13(9-14(11)16)21(19,20)18-12-5-8-17-15(10-12)6-2-7-15/h3-4,9,12,17-18H,2,5-8,10H2,1H3. The molecule has 0 radical (unpaired) electrons. The van der Waals surface area contributed by atoms with Crippen LogP contribution in [0, 0.1) is 12.7 Å². The first-order valence-electron chi connectivity index (χ1n) is 7.44. The van der Waals surface area contributed by atoms with Crippen molar-refractivity contribution in [2.75, 3.05) is 6.54 Å². The molecule has 1 aromatic rings. The third-order valence-corrected chi connectivity index (χ3v) is 6.23. The molecule has 1 aliphatic carbocycles. The lowest BCUT2D eigenvalue weighted by Crippen LogP contribution is -2.59. The molecule has 2 aliphatic rings. The van der Waals surface area contributed by atoms with Gasteiger partial charge < -0.3 is 5.32 Å². The van der Waals surface area contributed by atoms with E-state index >= 15 is 0 Å². The molecule has 4 nitrogen and oxygen atoms in total. The predicted octanol–water partition coefficient (Wildman–Crippen LogP) is 2.09. The fourth-order valence-corrected chi connectivity index (χ4v) is 4.55. The molecule has 0 amide bonds. The first-order chi connectivity index (χ1) is 9.90. The number of rotatable bonds is 3. The smallest absolute Gasteiger partial charge is 0.240 e. The molecule has 1 aliphatic heterocycles. The SMILES string of the molecule is Cc1ccc(S(=O)(=O)NC2CCNC3(CCC3)C2)cc1F. The minimum Gasteiger partial charge on any atom is -0.311 e. The summed E-state index contributed by atoms with van der Waals surface area (Å²) in [6.07, 6.45) is 5.03. The predicted molar refractivity (Wildman–Crippen MR) is 79.1 cm³/mol. The van der Waals surface area contributed by atoms with Gasteiger partial charge >= 0.3 is 0 Å². The van der Waals surface area contributed by atoms with Crippen LogP contribution in [-0.4, -0.2) is 26.5 Å². The van der Waals surface area contributed by atoms with Crippen molar-refractivity contribution >= 4 is 10.0 Å². The van der Waals surface area contributed by atoms with Gasteiger partial charge in [0.15, 0.2) is 0 Å². The van der Waals surface area contributed by atoms with Crippen LogP contribution in [0.4, 0.5) is 4.39 Å². The van der Waals surface area contributed by atoms with Crippen LogP contribution in [0.3, 0.4) is 0 Å². The normalized spacial score (nSPS) is 24.8. The molecule has 2 N–H and O–H groups in total. The molecule has 21 heavy (non-hydrogen) atoms. The average Bonchev–Trinajstić information content (AvgIpc) is 2.40. The number of hydrogen-bond donors (Lipinski definition) is 2. The van der Waals surface area contributed by atoms with Crippen LogP contribution in [-0.2, 0) is 10.0 Å². The van der Waals surface area contributed by atoms with Gasteiger partial charge in [-0.1, -0.05) is 6.07 Å². The summed E-state index contributed by atoms with van der Waals surface area (Å²) in [6.45, 7) is 2.45. The first-order valence-corrected chi connectivity index (χ1v) is 8.92. The summed E-state index contributed by atoms with van der Waals surface area (Å²) < 4.78 is 41.1. The minimum atomic E-state index is -3.65. The lowest BCUT2D eigenvalue weighted by Gasteiger charge is -2.48. The highest BCUT2D eigenvalue weighted by atomic mass is 32.2. The second-order valence-corrected chi connectivity index (χ2v) is 8.00. The van der Waals surface area contributed by atoms with E-state index < -0.39 is 15.8 Å². The minimum absolute atomic E-state index is 0.00629. The highest BCUT2D eigenvalue weighted by Gasteiger charge is 2.41. The maximum atomic E-state index is 13.6. The van der Waals surface area contributed by atoms with Crippen molar-refractivity contribution < 1.29 is 12.8 Å². The quantitative estimate of drug-likeness (QED) is 0.898. The molecular weight excluding hydrogens is 291 g/mol. The highest BCUT2D eigenvalue weighted by molar-refractivity contribution is 7.89. The van der Waals surface area contributed by atoms with Gasteiger partial charge in [-0.3, -0.25) is 0 Å². The Labute approximate surface area is 125 Å². The number of aryl methyl sites for hydroxylation is 1. The van der Waals surface area contributed by atoms with E-state index in [4.69, 9.17) is 0 Å². The van der Waals surface area contributed by atoms with E-state index in [1.54, 1.807) is 6.92 Å². The first kappa shape index (κ1) is 14.9. The molecule has 2 fully saturated rings. The van der Waals surface area contributed by atoms with Crippen LogP contribution < -0.4 is 10.0 Å². The molecule has 1 saturated carbocycles. The molecule has 0 aromatic heterocycles. The Kier molecular flexibility index (Phi) is 3.80. The van der Waals surface area contributed by atoms with Gasteiger partial charge in [0.1, 0.15) is 5.82 Å². The molecule has 6 heteroatoms. The Morgan fingerprint density at radius 3 is 2.76 bits per heavy atom. The monoisotopic (exact) mass is 312 g/mol. The van der Waals surface area contributed by atoms with Crippen molar-refractivity contribution in [2.45, 2.75) is 55.5 Å². The van der Waals surface area contributed by atoms with Crippen molar-refractivity contribution in [3.05, 3.63) is 29.6 Å². The van der Waals surface area contributed by atoms with Gasteiger partial charge in [0.25, 0.3) is 0 Å². The number of nitrogens with one attached hydrogen (secondary N) is 2. The van der Waals surface area contributed by atoms with Crippen LogP contribution in [0.15, 0.2) is 23.1 Å². The maximum Gasteiger partial charge on any atom is 0.240 e. The van der Waals surface area contributed by atoms with Gasteiger partial charge in [-0.15, -0.1) is 0 Å². The summed E-state index contributed by atoms with van der Waals surface area (Å²) in [7, 11) is -3.65. The van der Waals surface area contributed by atoms with Gasteiger partial charge in [-0.05, 0) is 63.3 Å². The lowest BCUT2D eigenvalue weighted by atomic mass is 9.70. The van der Waals surface area contributed by atoms with E-state index in [-0.39, 0.29) is 16.5 Å². The molecule has 1 aromatic carbocycles. The van der Waals surface area contributed by atoms with Crippen molar-refractivity contribution in [1.82, 2.24) is 10.0 Å². The van der Waals surface area contributed by atoms with Gasteiger partial charge in [-0.2, -0.15) is 0 Å². The number of hydrogen-bond acceptors (Lipinski definition) is 3. The van der Waals surface area contributed by atoms with E-state index in [9.17, 15) is 12.8 Å². The summed E-state index contributed by atoms with van der Waals surface area (Å²) in [6, 6.07) is 3.99. The molecule has 1 saturated heterocycles. The van der Waals surface area contributed by atoms with Gasteiger partial charge in [0, 0.05) is 11.6 Å². The van der Waals surface area contributed by atoms with Crippen molar-refractivity contribution in [3.63, 3.8) is 0 Å². The largest absolute Gasteiger partial charge is 0.311 e. The molecule has 1 heterocycles. The average molecular weight is 312 g/mol. The van der Waals surface area contributed by atoms with Crippen LogP contribution in [0.25, 0.3) is 0 Å². The second-order valence-electron chi connectivity index (χ2n) is 6.28. The maximum absolute atomic E-state index is 13.6. The fraction of sp³-hybridized carbons (Fsp3) is 0.600. The molecule has 1 spiro atoms. The number of halogens is 1.